The lowest BCUT2D eigenvalue weighted by atomic mass is 10.1. The first-order valence-electron chi connectivity index (χ1n) is 4.54. The molecule has 1 aromatic carbocycles. The Bertz CT molecular complexity index is 511. The molecule has 0 radical (unpaired) electrons. The number of carbonyl (C=O) groups excluding carboxylic acids is 1. The van der Waals surface area contributed by atoms with Crippen LogP contribution in [0.25, 0.3) is 0 Å². The molecular weight excluding hydrogens is 258 g/mol. The van der Waals surface area contributed by atoms with Crippen LogP contribution in [0, 0.1) is 12.7 Å². The van der Waals surface area contributed by atoms with Crippen molar-refractivity contribution in [2.45, 2.75) is 13.1 Å². The second kappa shape index (κ2) is 4.63. The summed E-state index contributed by atoms with van der Waals surface area (Å²) in [7, 11) is 0. The van der Waals surface area contributed by atoms with Crippen molar-refractivity contribution in [1.82, 2.24) is 0 Å². The zero-order valence-electron chi connectivity index (χ0n) is 8.93. The number of carboxylic acids is 1. The number of nitrogens with one attached hydrogen (secondary N) is 1. The highest BCUT2D eigenvalue weighted by molar-refractivity contribution is 6.02. The van der Waals surface area contributed by atoms with Crippen molar-refractivity contribution in [2.75, 3.05) is 5.32 Å². The number of carboxylic acid groups (broad SMARTS) is 1. The van der Waals surface area contributed by atoms with Gasteiger partial charge >= 0.3 is 18.1 Å². The van der Waals surface area contributed by atoms with E-state index in [-0.39, 0.29) is 5.56 Å². The molecule has 8 heteroatoms. The van der Waals surface area contributed by atoms with Gasteiger partial charge in [0.15, 0.2) is 0 Å². The fourth-order valence-electron chi connectivity index (χ4n) is 1.22. The third-order valence-corrected chi connectivity index (χ3v) is 1.96. The third kappa shape index (κ3) is 2.96. The Morgan fingerprint density at radius 2 is 1.83 bits per heavy atom. The van der Waals surface area contributed by atoms with Gasteiger partial charge in [-0.25, -0.2) is 9.18 Å². The van der Waals surface area contributed by atoms with E-state index in [9.17, 15) is 27.2 Å². The van der Waals surface area contributed by atoms with E-state index in [2.05, 4.69) is 0 Å². The molecule has 1 amide bonds. The number of carbonyl (C=O) groups is 2. The number of benzene rings is 1. The largest absolute Gasteiger partial charge is 0.478 e. The van der Waals surface area contributed by atoms with Crippen LogP contribution in [0.2, 0.25) is 0 Å². The minimum atomic E-state index is -5.23. The molecule has 0 aliphatic heterocycles. The van der Waals surface area contributed by atoms with Crippen LogP contribution in [-0.4, -0.2) is 23.2 Å². The van der Waals surface area contributed by atoms with E-state index in [0.29, 0.717) is 0 Å². The maximum Gasteiger partial charge on any atom is 0.471 e. The van der Waals surface area contributed by atoms with Gasteiger partial charge in [0.25, 0.3) is 0 Å². The zero-order chi connectivity index (χ0) is 14.1. The van der Waals surface area contributed by atoms with Crippen LogP contribution in [0.5, 0.6) is 0 Å². The molecule has 0 unspecified atom stereocenters. The number of amides is 1. The summed E-state index contributed by atoms with van der Waals surface area (Å²) in [5.41, 5.74) is -1.55. The minimum absolute atomic E-state index is 0.204. The van der Waals surface area contributed by atoms with Gasteiger partial charge < -0.3 is 10.4 Å². The number of anilines is 1. The highest BCUT2D eigenvalue weighted by Crippen LogP contribution is 2.25. The van der Waals surface area contributed by atoms with Crippen LogP contribution in [0.1, 0.15) is 15.9 Å². The van der Waals surface area contributed by atoms with Crippen molar-refractivity contribution in [2.24, 2.45) is 0 Å². The van der Waals surface area contributed by atoms with Gasteiger partial charge in [-0.1, -0.05) is 0 Å². The van der Waals surface area contributed by atoms with E-state index < -0.39 is 35.1 Å². The van der Waals surface area contributed by atoms with E-state index in [1.807, 2.05) is 0 Å². The number of rotatable bonds is 2. The van der Waals surface area contributed by atoms with Gasteiger partial charge in [0.05, 0.1) is 11.3 Å². The van der Waals surface area contributed by atoms with Gasteiger partial charge in [-0.2, -0.15) is 13.2 Å². The van der Waals surface area contributed by atoms with Crippen molar-refractivity contribution in [1.29, 1.82) is 0 Å². The first kappa shape index (κ1) is 13.9. The summed E-state index contributed by atoms with van der Waals surface area (Å²) in [6.45, 7) is 1.37. The Hall–Kier alpha value is -2.12. The first-order chi connectivity index (χ1) is 8.12. The minimum Gasteiger partial charge on any atom is -0.478 e. The second-order valence-electron chi connectivity index (χ2n) is 3.43. The van der Waals surface area contributed by atoms with Crippen molar-refractivity contribution >= 4 is 17.6 Å². The normalized spacial score (nSPS) is 11.2. The Balaban J connectivity index is 3.24. The van der Waals surface area contributed by atoms with Crippen LogP contribution in [-0.2, 0) is 4.79 Å². The SMILES string of the molecule is Cc1cc(F)c(NC(=O)C(F)(F)F)c(C(=O)O)c1. The summed E-state index contributed by atoms with van der Waals surface area (Å²) >= 11 is 0. The second-order valence-corrected chi connectivity index (χ2v) is 3.43. The van der Waals surface area contributed by atoms with Crippen LogP contribution < -0.4 is 5.32 Å². The molecule has 0 spiro atoms. The molecule has 0 saturated heterocycles. The van der Waals surface area contributed by atoms with Gasteiger partial charge in [-0.15, -0.1) is 0 Å². The van der Waals surface area contributed by atoms with Crippen LogP contribution >= 0.6 is 0 Å². The Morgan fingerprint density at radius 1 is 1.28 bits per heavy atom. The van der Waals surface area contributed by atoms with Crippen molar-refractivity contribution < 1.29 is 32.3 Å². The predicted octanol–water partition coefficient (Wildman–Crippen LogP) is 2.33. The average molecular weight is 265 g/mol. The number of hydrogen-bond donors (Lipinski definition) is 2. The monoisotopic (exact) mass is 265 g/mol. The molecule has 0 aliphatic rings. The number of alkyl halides is 3. The number of aromatic carboxylic acids is 1. The van der Waals surface area contributed by atoms with E-state index in [1.165, 1.54) is 12.2 Å². The summed E-state index contributed by atoms with van der Waals surface area (Å²) in [6, 6.07) is 1.77. The highest BCUT2D eigenvalue weighted by Gasteiger charge is 2.39. The lowest BCUT2D eigenvalue weighted by Crippen LogP contribution is -2.31. The molecule has 1 aromatic rings. The van der Waals surface area contributed by atoms with Gasteiger partial charge in [-0.3, -0.25) is 4.79 Å². The maximum atomic E-state index is 13.4. The lowest BCUT2D eigenvalue weighted by Gasteiger charge is -2.12. The molecule has 4 nitrogen and oxygen atoms in total. The standard InChI is InChI=1S/C10H7F4NO3/c1-4-2-5(8(16)17)7(6(11)3-4)15-9(18)10(12,13)14/h2-3H,1H3,(H,15,18)(H,16,17). The summed E-state index contributed by atoms with van der Waals surface area (Å²) < 4.78 is 49.4. The van der Waals surface area contributed by atoms with E-state index in [4.69, 9.17) is 5.11 Å². The van der Waals surface area contributed by atoms with Crippen LogP contribution in [0.3, 0.4) is 0 Å². The van der Waals surface area contributed by atoms with Gasteiger partial charge in [-0.05, 0) is 24.6 Å². The quantitative estimate of drug-likeness (QED) is 0.806. The fraction of sp³-hybridized carbons (Fsp3) is 0.200. The summed E-state index contributed by atoms with van der Waals surface area (Å²) in [4.78, 5) is 21.4. The number of aryl methyl sites for hydroxylation is 1. The molecule has 2 N–H and O–H groups in total. The molecule has 0 saturated carbocycles. The maximum absolute atomic E-state index is 13.4. The first-order valence-corrected chi connectivity index (χ1v) is 4.54. The average Bonchev–Trinajstić information content (AvgIpc) is 2.19. The topological polar surface area (TPSA) is 66.4 Å². The molecule has 98 valence electrons. The molecule has 0 bridgehead atoms. The van der Waals surface area contributed by atoms with E-state index >= 15 is 0 Å². The molecule has 0 atom stereocenters. The van der Waals surface area contributed by atoms with E-state index in [1.54, 1.807) is 0 Å². The van der Waals surface area contributed by atoms with Crippen molar-refractivity contribution in [3.05, 3.63) is 29.1 Å². The van der Waals surface area contributed by atoms with Gasteiger partial charge in [0.2, 0.25) is 0 Å². The number of halogens is 4. The molecular formula is C10H7F4NO3. The molecule has 18 heavy (non-hydrogen) atoms. The Kier molecular flexibility index (Phi) is 3.59. The lowest BCUT2D eigenvalue weighted by molar-refractivity contribution is -0.167. The van der Waals surface area contributed by atoms with Crippen LogP contribution in [0.15, 0.2) is 12.1 Å². The summed E-state index contributed by atoms with van der Waals surface area (Å²) in [6.07, 6.45) is -5.23. The zero-order valence-corrected chi connectivity index (χ0v) is 8.93. The smallest absolute Gasteiger partial charge is 0.471 e. The number of hydrogen-bond acceptors (Lipinski definition) is 2. The molecule has 0 aliphatic carbocycles. The Labute approximate surface area is 98.2 Å². The van der Waals surface area contributed by atoms with E-state index in [0.717, 1.165) is 12.1 Å². The fourth-order valence-corrected chi connectivity index (χ4v) is 1.22. The third-order valence-electron chi connectivity index (χ3n) is 1.96. The van der Waals surface area contributed by atoms with Gasteiger partial charge in [0.1, 0.15) is 5.82 Å². The molecule has 0 fully saturated rings. The Morgan fingerprint density at radius 3 is 2.28 bits per heavy atom. The van der Waals surface area contributed by atoms with Crippen molar-refractivity contribution in [3.63, 3.8) is 0 Å². The predicted molar refractivity (Wildman–Crippen MR) is 52.8 cm³/mol. The van der Waals surface area contributed by atoms with Gasteiger partial charge in [0, 0.05) is 0 Å². The summed E-state index contributed by atoms with van der Waals surface area (Å²) in [5, 5.41) is 9.94. The van der Waals surface area contributed by atoms with Crippen LogP contribution in [0.4, 0.5) is 23.2 Å². The molecule has 1 rings (SSSR count). The summed E-state index contributed by atoms with van der Waals surface area (Å²) in [5.74, 6) is -5.33. The highest BCUT2D eigenvalue weighted by atomic mass is 19.4. The molecule has 0 aromatic heterocycles. The van der Waals surface area contributed by atoms with Crippen molar-refractivity contribution in [3.8, 4) is 0 Å². The molecule has 0 heterocycles.